The zero-order valence-electron chi connectivity index (χ0n) is 9.35. The van der Waals surface area contributed by atoms with Crippen LogP contribution < -0.4 is 0 Å². The Bertz CT molecular complexity index is 297. The van der Waals surface area contributed by atoms with Crippen molar-refractivity contribution in [3.63, 3.8) is 0 Å². The first-order valence-corrected chi connectivity index (χ1v) is 5.57. The second-order valence-electron chi connectivity index (χ2n) is 4.26. The number of rotatable bonds is 3. The van der Waals surface area contributed by atoms with Gasteiger partial charge in [-0.2, -0.15) is 0 Å². The van der Waals surface area contributed by atoms with Crippen LogP contribution in [0.4, 0.5) is 0 Å². The maximum Gasteiger partial charge on any atom is 0.158 e. The Labute approximate surface area is 91.2 Å². The van der Waals surface area contributed by atoms with Crippen molar-refractivity contribution in [3.05, 3.63) is 35.9 Å². The maximum atomic E-state index is 5.63. The second kappa shape index (κ2) is 4.77. The van der Waals surface area contributed by atoms with Crippen LogP contribution in [-0.2, 0) is 9.47 Å². The first-order valence-electron chi connectivity index (χ1n) is 5.57. The molecule has 3 atom stereocenters. The largest absolute Gasteiger partial charge is 0.350 e. The van der Waals surface area contributed by atoms with Crippen LogP contribution in [0.25, 0.3) is 0 Å². The molecule has 0 spiro atoms. The molecule has 1 aliphatic heterocycles. The molecule has 1 saturated heterocycles. The van der Waals surface area contributed by atoms with Gasteiger partial charge in [-0.15, -0.1) is 0 Å². The molecule has 0 amide bonds. The highest BCUT2D eigenvalue weighted by atomic mass is 16.7. The molecule has 1 fully saturated rings. The van der Waals surface area contributed by atoms with Gasteiger partial charge in [0, 0.05) is 6.42 Å². The van der Waals surface area contributed by atoms with Crippen LogP contribution in [0.5, 0.6) is 0 Å². The van der Waals surface area contributed by atoms with Crippen molar-refractivity contribution in [2.75, 3.05) is 6.61 Å². The lowest BCUT2D eigenvalue weighted by Gasteiger charge is -2.16. The van der Waals surface area contributed by atoms with Crippen LogP contribution >= 0.6 is 0 Å². The summed E-state index contributed by atoms with van der Waals surface area (Å²) in [6.07, 6.45) is 1.17. The molecule has 0 aromatic heterocycles. The lowest BCUT2D eigenvalue weighted by Crippen LogP contribution is -2.12. The fourth-order valence-corrected chi connectivity index (χ4v) is 1.91. The summed E-state index contributed by atoms with van der Waals surface area (Å²) in [7, 11) is 0. The Morgan fingerprint density at radius 1 is 1.33 bits per heavy atom. The molecule has 1 aliphatic rings. The monoisotopic (exact) mass is 206 g/mol. The first kappa shape index (κ1) is 10.7. The minimum absolute atomic E-state index is 0.0183. The zero-order valence-corrected chi connectivity index (χ0v) is 9.35. The van der Waals surface area contributed by atoms with E-state index < -0.39 is 0 Å². The van der Waals surface area contributed by atoms with Crippen LogP contribution in [0.2, 0.25) is 0 Å². The van der Waals surface area contributed by atoms with E-state index in [2.05, 4.69) is 31.2 Å². The van der Waals surface area contributed by atoms with E-state index in [4.69, 9.17) is 9.47 Å². The molecule has 0 bridgehead atoms. The predicted molar refractivity (Wildman–Crippen MR) is 59.8 cm³/mol. The van der Waals surface area contributed by atoms with Crippen LogP contribution in [0.1, 0.15) is 31.7 Å². The summed E-state index contributed by atoms with van der Waals surface area (Å²) in [6, 6.07) is 10.5. The van der Waals surface area contributed by atoms with Crippen molar-refractivity contribution >= 4 is 0 Å². The van der Waals surface area contributed by atoms with Crippen molar-refractivity contribution in [1.29, 1.82) is 0 Å². The average Bonchev–Trinajstić information content (AvgIpc) is 2.65. The van der Waals surface area contributed by atoms with Crippen molar-refractivity contribution < 1.29 is 9.47 Å². The quantitative estimate of drug-likeness (QED) is 0.757. The summed E-state index contributed by atoms with van der Waals surface area (Å²) in [5.74, 6) is 0.487. The molecule has 2 heteroatoms. The summed E-state index contributed by atoms with van der Waals surface area (Å²) in [4.78, 5) is 0. The fraction of sp³-hybridized carbons (Fsp3) is 0.538. The molecule has 0 N–H and O–H groups in total. The topological polar surface area (TPSA) is 18.5 Å². The SMILES string of the molecule is C[C@@H]1CO[C@H](C[C@H](C)c2ccccc2)O1. The lowest BCUT2D eigenvalue weighted by atomic mass is 9.98. The van der Waals surface area contributed by atoms with E-state index in [0.717, 1.165) is 13.0 Å². The molecule has 0 radical (unpaired) electrons. The summed E-state index contributed by atoms with van der Waals surface area (Å²) >= 11 is 0. The highest BCUT2D eigenvalue weighted by Gasteiger charge is 2.24. The molecule has 0 unspecified atom stereocenters. The van der Waals surface area contributed by atoms with E-state index in [1.54, 1.807) is 0 Å². The summed E-state index contributed by atoms with van der Waals surface area (Å²) in [5.41, 5.74) is 1.35. The van der Waals surface area contributed by atoms with Crippen molar-refractivity contribution in [2.45, 2.75) is 38.6 Å². The van der Waals surface area contributed by atoms with Gasteiger partial charge in [0.05, 0.1) is 12.7 Å². The summed E-state index contributed by atoms with van der Waals surface area (Å²) in [5, 5.41) is 0. The lowest BCUT2D eigenvalue weighted by molar-refractivity contribution is -0.0624. The van der Waals surface area contributed by atoms with Crippen molar-refractivity contribution in [3.8, 4) is 0 Å². The fourth-order valence-electron chi connectivity index (χ4n) is 1.91. The van der Waals surface area contributed by atoms with Gasteiger partial charge in [0.2, 0.25) is 0 Å². The van der Waals surface area contributed by atoms with Gasteiger partial charge < -0.3 is 9.47 Å². The third kappa shape index (κ3) is 2.80. The predicted octanol–water partition coefficient (Wildman–Crippen LogP) is 2.94. The van der Waals surface area contributed by atoms with Gasteiger partial charge in [-0.1, -0.05) is 37.3 Å². The molecule has 15 heavy (non-hydrogen) atoms. The zero-order chi connectivity index (χ0) is 10.7. The van der Waals surface area contributed by atoms with Gasteiger partial charge in [0.1, 0.15) is 0 Å². The molecule has 2 rings (SSSR count). The van der Waals surface area contributed by atoms with Gasteiger partial charge in [-0.05, 0) is 18.4 Å². The molecule has 0 aliphatic carbocycles. The number of hydrogen-bond donors (Lipinski definition) is 0. The van der Waals surface area contributed by atoms with Gasteiger partial charge in [0.15, 0.2) is 6.29 Å². The number of hydrogen-bond acceptors (Lipinski definition) is 2. The highest BCUT2D eigenvalue weighted by Crippen LogP contribution is 2.25. The molecular weight excluding hydrogens is 188 g/mol. The van der Waals surface area contributed by atoms with Crippen molar-refractivity contribution in [2.24, 2.45) is 0 Å². The highest BCUT2D eigenvalue weighted by molar-refractivity contribution is 5.18. The van der Waals surface area contributed by atoms with Crippen molar-refractivity contribution in [1.82, 2.24) is 0 Å². The Morgan fingerprint density at radius 2 is 2.07 bits per heavy atom. The first-order chi connectivity index (χ1) is 7.25. The number of ether oxygens (including phenoxy) is 2. The minimum atomic E-state index is -0.0183. The molecule has 1 heterocycles. The molecule has 1 aromatic carbocycles. The standard InChI is InChI=1S/C13H18O2/c1-10(12-6-4-3-5-7-12)8-13-14-9-11(2)15-13/h3-7,10-11,13H,8-9H2,1-2H3/t10-,11+,13-/m0/s1. The molecular formula is C13H18O2. The Morgan fingerprint density at radius 3 is 2.67 bits per heavy atom. The van der Waals surface area contributed by atoms with Crippen LogP contribution in [0.3, 0.4) is 0 Å². The Balaban J connectivity index is 1.90. The second-order valence-corrected chi connectivity index (χ2v) is 4.26. The van der Waals surface area contributed by atoms with E-state index in [1.807, 2.05) is 13.0 Å². The van der Waals surface area contributed by atoms with E-state index in [0.29, 0.717) is 5.92 Å². The minimum Gasteiger partial charge on any atom is -0.350 e. The van der Waals surface area contributed by atoms with Crippen LogP contribution in [-0.4, -0.2) is 19.0 Å². The summed E-state index contributed by atoms with van der Waals surface area (Å²) < 4.78 is 11.2. The van der Waals surface area contributed by atoms with E-state index in [9.17, 15) is 0 Å². The Kier molecular flexibility index (Phi) is 3.39. The van der Waals surface area contributed by atoms with Crippen LogP contribution in [0, 0.1) is 0 Å². The van der Waals surface area contributed by atoms with E-state index in [1.165, 1.54) is 5.56 Å². The van der Waals surface area contributed by atoms with Gasteiger partial charge in [0.25, 0.3) is 0 Å². The third-order valence-corrected chi connectivity index (χ3v) is 2.82. The maximum absolute atomic E-state index is 5.63. The smallest absolute Gasteiger partial charge is 0.158 e. The molecule has 2 nitrogen and oxygen atoms in total. The normalized spacial score (nSPS) is 27.9. The van der Waals surface area contributed by atoms with Crippen LogP contribution in [0.15, 0.2) is 30.3 Å². The van der Waals surface area contributed by atoms with E-state index in [-0.39, 0.29) is 12.4 Å². The molecule has 1 aromatic rings. The van der Waals surface area contributed by atoms with Gasteiger partial charge in [-0.25, -0.2) is 0 Å². The van der Waals surface area contributed by atoms with E-state index >= 15 is 0 Å². The average molecular weight is 206 g/mol. The third-order valence-electron chi connectivity index (χ3n) is 2.82. The Hall–Kier alpha value is -0.860. The molecule has 0 saturated carbocycles. The summed E-state index contributed by atoms with van der Waals surface area (Å²) in [6.45, 7) is 4.99. The number of benzene rings is 1. The molecule has 82 valence electrons. The van der Waals surface area contributed by atoms with Gasteiger partial charge in [-0.3, -0.25) is 0 Å². The van der Waals surface area contributed by atoms with Gasteiger partial charge >= 0.3 is 0 Å².